The molecular formula is C17H19N3O. The van der Waals surface area contributed by atoms with Crippen molar-refractivity contribution < 1.29 is 4.79 Å². The van der Waals surface area contributed by atoms with Gasteiger partial charge in [0, 0.05) is 13.0 Å². The van der Waals surface area contributed by atoms with E-state index < -0.39 is 5.92 Å². The highest BCUT2D eigenvalue weighted by atomic mass is 16.1. The van der Waals surface area contributed by atoms with E-state index in [1.54, 1.807) is 0 Å². The second-order valence-electron chi connectivity index (χ2n) is 5.82. The van der Waals surface area contributed by atoms with Gasteiger partial charge < -0.3 is 4.57 Å². The van der Waals surface area contributed by atoms with Crippen LogP contribution < -0.4 is 0 Å². The van der Waals surface area contributed by atoms with Gasteiger partial charge in [-0.1, -0.05) is 31.4 Å². The topological polar surface area (TPSA) is 58.7 Å². The molecule has 0 saturated heterocycles. The largest absolute Gasteiger partial charge is 0.330 e. The molecule has 1 aliphatic rings. The number of carbonyl (C=O) groups is 1. The van der Waals surface area contributed by atoms with Crippen LogP contribution in [-0.4, -0.2) is 15.3 Å². The molecule has 1 aliphatic carbocycles. The van der Waals surface area contributed by atoms with Crippen LogP contribution in [0.15, 0.2) is 24.3 Å². The summed E-state index contributed by atoms with van der Waals surface area (Å²) < 4.78 is 1.88. The Morgan fingerprint density at radius 1 is 1.33 bits per heavy atom. The van der Waals surface area contributed by atoms with Crippen LogP contribution in [-0.2, 0) is 11.8 Å². The second-order valence-corrected chi connectivity index (χ2v) is 5.82. The monoisotopic (exact) mass is 281 g/mol. The molecule has 21 heavy (non-hydrogen) atoms. The van der Waals surface area contributed by atoms with E-state index in [2.05, 4.69) is 11.1 Å². The first-order valence-corrected chi connectivity index (χ1v) is 7.57. The van der Waals surface area contributed by atoms with Gasteiger partial charge in [0.15, 0.2) is 11.7 Å². The van der Waals surface area contributed by atoms with Gasteiger partial charge in [0.2, 0.25) is 0 Å². The van der Waals surface area contributed by atoms with Crippen molar-refractivity contribution in [3.05, 3.63) is 30.1 Å². The molecule has 3 rings (SSSR count). The zero-order valence-corrected chi connectivity index (χ0v) is 12.2. The molecule has 4 nitrogen and oxygen atoms in total. The van der Waals surface area contributed by atoms with Crippen LogP contribution in [0, 0.1) is 17.2 Å². The molecule has 0 unspecified atom stereocenters. The number of aryl methyl sites for hydroxylation is 1. The summed E-state index contributed by atoms with van der Waals surface area (Å²) >= 11 is 0. The fourth-order valence-electron chi connectivity index (χ4n) is 3.29. The maximum absolute atomic E-state index is 12.7. The molecule has 1 saturated carbocycles. The highest BCUT2D eigenvalue weighted by Gasteiger charge is 2.32. The number of nitriles is 1. The molecule has 0 amide bonds. The van der Waals surface area contributed by atoms with Crippen LogP contribution in [0.1, 0.15) is 43.8 Å². The van der Waals surface area contributed by atoms with Crippen LogP contribution >= 0.6 is 0 Å². The molecule has 1 atom stereocenters. The van der Waals surface area contributed by atoms with Crippen molar-refractivity contribution in [1.29, 1.82) is 5.26 Å². The van der Waals surface area contributed by atoms with Gasteiger partial charge >= 0.3 is 0 Å². The molecule has 1 fully saturated rings. The van der Waals surface area contributed by atoms with E-state index in [0.29, 0.717) is 5.82 Å². The highest BCUT2D eigenvalue weighted by Crippen LogP contribution is 2.30. The van der Waals surface area contributed by atoms with Gasteiger partial charge in [-0.15, -0.1) is 0 Å². The molecule has 0 spiro atoms. The first kappa shape index (κ1) is 13.8. The Bertz CT molecular complexity index is 704. The van der Waals surface area contributed by atoms with E-state index in [4.69, 9.17) is 0 Å². The Hall–Kier alpha value is -2.15. The summed E-state index contributed by atoms with van der Waals surface area (Å²) in [4.78, 5) is 17.2. The fourth-order valence-corrected chi connectivity index (χ4v) is 3.29. The SMILES string of the molecule is Cn1c([C@@H](C#N)C(=O)C2CCCCC2)nc2ccccc21. The Morgan fingerprint density at radius 3 is 2.71 bits per heavy atom. The number of aromatic nitrogens is 2. The Labute approximate surface area is 124 Å². The fraction of sp³-hybridized carbons (Fsp3) is 0.471. The van der Waals surface area contributed by atoms with Gasteiger partial charge in [0.1, 0.15) is 5.82 Å². The third-order valence-electron chi connectivity index (χ3n) is 4.50. The maximum atomic E-state index is 12.7. The smallest absolute Gasteiger partial charge is 0.163 e. The van der Waals surface area contributed by atoms with Crippen molar-refractivity contribution in [2.75, 3.05) is 0 Å². The predicted molar refractivity (Wildman–Crippen MR) is 80.7 cm³/mol. The van der Waals surface area contributed by atoms with Gasteiger partial charge in [-0.25, -0.2) is 4.98 Å². The number of carbonyl (C=O) groups excluding carboxylic acids is 1. The zero-order chi connectivity index (χ0) is 14.8. The molecule has 0 N–H and O–H groups in total. The lowest BCUT2D eigenvalue weighted by Crippen LogP contribution is -2.25. The maximum Gasteiger partial charge on any atom is 0.163 e. The Kier molecular flexibility index (Phi) is 3.74. The third-order valence-corrected chi connectivity index (χ3v) is 4.50. The zero-order valence-electron chi connectivity index (χ0n) is 12.2. The van der Waals surface area contributed by atoms with E-state index in [-0.39, 0.29) is 11.7 Å². The molecular weight excluding hydrogens is 262 g/mol. The van der Waals surface area contributed by atoms with Gasteiger partial charge in [-0.2, -0.15) is 5.26 Å². The van der Waals surface area contributed by atoms with E-state index in [1.807, 2.05) is 35.9 Å². The van der Waals surface area contributed by atoms with E-state index in [9.17, 15) is 10.1 Å². The van der Waals surface area contributed by atoms with E-state index in [0.717, 1.165) is 36.7 Å². The molecule has 2 aromatic rings. The van der Waals surface area contributed by atoms with Gasteiger partial charge in [0.05, 0.1) is 17.1 Å². The van der Waals surface area contributed by atoms with Crippen LogP contribution in [0.4, 0.5) is 0 Å². The van der Waals surface area contributed by atoms with Gasteiger partial charge in [0.25, 0.3) is 0 Å². The Balaban J connectivity index is 1.96. The van der Waals surface area contributed by atoms with Crippen LogP contribution in [0.3, 0.4) is 0 Å². The Morgan fingerprint density at radius 2 is 2.05 bits per heavy atom. The highest BCUT2D eigenvalue weighted by molar-refractivity contribution is 5.90. The summed E-state index contributed by atoms with van der Waals surface area (Å²) in [6.45, 7) is 0. The molecule has 0 aliphatic heterocycles. The van der Waals surface area contributed by atoms with Gasteiger partial charge in [-0.3, -0.25) is 4.79 Å². The van der Waals surface area contributed by atoms with E-state index >= 15 is 0 Å². The summed E-state index contributed by atoms with van der Waals surface area (Å²) in [7, 11) is 1.88. The summed E-state index contributed by atoms with van der Waals surface area (Å²) in [5.41, 5.74) is 1.80. The lowest BCUT2D eigenvalue weighted by atomic mass is 9.82. The summed E-state index contributed by atoms with van der Waals surface area (Å²) in [6, 6.07) is 9.93. The van der Waals surface area contributed by atoms with Crippen LogP contribution in [0.25, 0.3) is 11.0 Å². The summed E-state index contributed by atoms with van der Waals surface area (Å²) in [6.07, 6.45) is 5.23. The normalized spacial score (nSPS) is 17.5. The number of hydrogen-bond donors (Lipinski definition) is 0. The first-order valence-electron chi connectivity index (χ1n) is 7.57. The molecule has 4 heteroatoms. The molecule has 1 aromatic carbocycles. The van der Waals surface area contributed by atoms with Crippen molar-refractivity contribution in [2.24, 2.45) is 13.0 Å². The number of rotatable bonds is 3. The van der Waals surface area contributed by atoms with Crippen molar-refractivity contribution in [2.45, 2.75) is 38.0 Å². The lowest BCUT2D eigenvalue weighted by molar-refractivity contribution is -0.124. The number of ketones is 1. The minimum absolute atomic E-state index is 0.0308. The average Bonchev–Trinajstić information content (AvgIpc) is 2.86. The first-order chi connectivity index (χ1) is 10.2. The van der Waals surface area contributed by atoms with Crippen molar-refractivity contribution in [3.63, 3.8) is 0 Å². The average molecular weight is 281 g/mol. The molecule has 0 bridgehead atoms. The van der Waals surface area contributed by atoms with E-state index in [1.165, 1.54) is 6.42 Å². The van der Waals surface area contributed by atoms with Gasteiger partial charge in [-0.05, 0) is 25.0 Å². The quantitative estimate of drug-likeness (QED) is 0.867. The molecule has 1 aromatic heterocycles. The lowest BCUT2D eigenvalue weighted by Gasteiger charge is -2.22. The molecule has 0 radical (unpaired) electrons. The third kappa shape index (κ3) is 2.44. The number of imidazole rings is 1. The number of fused-ring (bicyclic) bond motifs is 1. The number of para-hydroxylation sites is 2. The van der Waals surface area contributed by atoms with Crippen molar-refractivity contribution >= 4 is 16.8 Å². The molecule has 108 valence electrons. The second kappa shape index (κ2) is 5.69. The van der Waals surface area contributed by atoms with Crippen molar-refractivity contribution in [3.8, 4) is 6.07 Å². The van der Waals surface area contributed by atoms with Crippen molar-refractivity contribution in [1.82, 2.24) is 9.55 Å². The summed E-state index contributed by atoms with van der Waals surface area (Å²) in [5.74, 6) is -0.0846. The van der Waals surface area contributed by atoms with Crippen LogP contribution in [0.2, 0.25) is 0 Å². The number of benzene rings is 1. The standard InChI is InChI=1S/C17H19N3O/c1-20-15-10-6-5-9-14(15)19-17(20)13(11-18)16(21)12-7-3-2-4-8-12/h5-6,9-10,12-13H,2-4,7-8H2,1H3/t13-/m0/s1. The number of hydrogen-bond acceptors (Lipinski definition) is 3. The predicted octanol–water partition coefficient (Wildman–Crippen LogP) is 3.33. The number of Topliss-reactive ketones (excluding diaryl/α,β-unsaturated/α-hetero) is 1. The minimum atomic E-state index is -0.745. The number of nitrogens with zero attached hydrogens (tertiary/aromatic N) is 3. The minimum Gasteiger partial charge on any atom is -0.330 e. The van der Waals surface area contributed by atoms with Crippen LogP contribution in [0.5, 0.6) is 0 Å². The summed E-state index contributed by atoms with van der Waals surface area (Å²) in [5, 5.41) is 9.51. The molecule has 1 heterocycles.